The molecule has 36 heavy (non-hydrogen) atoms. The number of amides is 1. The normalized spacial score (nSPS) is 16.7. The van der Waals surface area contributed by atoms with Crippen molar-refractivity contribution in [1.82, 2.24) is 15.5 Å². The second-order valence-electron chi connectivity index (χ2n) is 10.3. The molecule has 1 N–H and O–H groups in total. The molecule has 1 aromatic heterocycles. The lowest BCUT2D eigenvalue weighted by atomic mass is 9.62. The molecular formula is C28H27ClN4O3. The number of hydrogen-bond donors (Lipinski definition) is 1. The van der Waals surface area contributed by atoms with Crippen molar-refractivity contribution in [2.45, 2.75) is 46.6 Å². The number of Topliss-reactive ketones (excluding diaryl/α,β-unsaturated/α-hetero) is 1. The second-order valence-corrected chi connectivity index (χ2v) is 10.8. The largest absolute Gasteiger partial charge is 0.454 e. The van der Waals surface area contributed by atoms with Gasteiger partial charge in [0, 0.05) is 33.6 Å². The summed E-state index contributed by atoms with van der Waals surface area (Å²) < 4.78 is 5.98. The van der Waals surface area contributed by atoms with Crippen LogP contribution in [0.5, 0.6) is 11.5 Å². The Morgan fingerprint density at radius 1 is 1.08 bits per heavy atom. The van der Waals surface area contributed by atoms with Crippen LogP contribution in [0.1, 0.15) is 56.5 Å². The maximum atomic E-state index is 13.0. The Morgan fingerprint density at radius 3 is 2.42 bits per heavy atom. The van der Waals surface area contributed by atoms with Crippen LogP contribution in [0.4, 0.5) is 0 Å². The first-order valence-electron chi connectivity index (χ1n) is 11.7. The Balaban J connectivity index is 1.53. The molecule has 184 valence electrons. The SMILES string of the molecule is CC1(C)CC(NC(=O)c2ccc(Oc3cccc(-c4ccnnc4)c3C#N)c(Cl)c2)CC(C)(C)C1=O. The lowest BCUT2D eigenvalue weighted by Crippen LogP contribution is -2.51. The van der Waals surface area contributed by atoms with Crippen molar-refractivity contribution in [3.8, 4) is 28.7 Å². The molecule has 8 heteroatoms. The van der Waals surface area contributed by atoms with Crippen molar-refractivity contribution in [3.63, 3.8) is 0 Å². The molecule has 1 fully saturated rings. The van der Waals surface area contributed by atoms with Crippen molar-refractivity contribution < 1.29 is 14.3 Å². The van der Waals surface area contributed by atoms with Crippen LogP contribution in [0.3, 0.4) is 0 Å². The number of rotatable bonds is 5. The number of nitriles is 1. The molecule has 0 atom stereocenters. The predicted octanol–water partition coefficient (Wildman–Crippen LogP) is 5.97. The third kappa shape index (κ3) is 5.09. The summed E-state index contributed by atoms with van der Waals surface area (Å²) in [6, 6.07) is 13.9. The van der Waals surface area contributed by atoms with Crippen LogP contribution in [0.2, 0.25) is 5.02 Å². The highest BCUT2D eigenvalue weighted by Crippen LogP contribution is 2.42. The summed E-state index contributed by atoms with van der Waals surface area (Å²) in [4.78, 5) is 25.7. The Morgan fingerprint density at radius 2 is 1.81 bits per heavy atom. The molecule has 0 aliphatic heterocycles. The lowest BCUT2D eigenvalue weighted by Gasteiger charge is -2.43. The fourth-order valence-electron chi connectivity index (χ4n) is 5.04. The summed E-state index contributed by atoms with van der Waals surface area (Å²) in [5.74, 6) is 0.604. The molecule has 2 aromatic carbocycles. The Labute approximate surface area is 215 Å². The van der Waals surface area contributed by atoms with Gasteiger partial charge in [0.25, 0.3) is 5.91 Å². The fourth-order valence-corrected chi connectivity index (χ4v) is 5.26. The van der Waals surface area contributed by atoms with Crippen molar-refractivity contribution in [2.24, 2.45) is 10.8 Å². The number of ether oxygens (including phenoxy) is 1. The van der Waals surface area contributed by atoms with Crippen LogP contribution in [0.15, 0.2) is 54.9 Å². The molecule has 4 rings (SSSR count). The first kappa shape index (κ1) is 25.3. The molecule has 0 spiro atoms. The van der Waals surface area contributed by atoms with Gasteiger partial charge in [-0.05, 0) is 43.2 Å². The van der Waals surface area contributed by atoms with E-state index < -0.39 is 10.8 Å². The molecule has 7 nitrogen and oxygen atoms in total. The molecule has 0 unspecified atom stereocenters. The van der Waals surface area contributed by atoms with Gasteiger partial charge in [-0.25, -0.2) is 0 Å². The average Bonchev–Trinajstić information content (AvgIpc) is 2.83. The quantitative estimate of drug-likeness (QED) is 0.460. The lowest BCUT2D eigenvalue weighted by molar-refractivity contribution is -0.140. The van der Waals surface area contributed by atoms with Crippen LogP contribution in [-0.4, -0.2) is 27.9 Å². The molecule has 0 bridgehead atoms. The van der Waals surface area contributed by atoms with Gasteiger partial charge in [0.15, 0.2) is 0 Å². The zero-order chi connectivity index (χ0) is 26.1. The minimum absolute atomic E-state index is 0.126. The van der Waals surface area contributed by atoms with Crippen LogP contribution in [0, 0.1) is 22.2 Å². The van der Waals surface area contributed by atoms with Gasteiger partial charge >= 0.3 is 0 Å². The van der Waals surface area contributed by atoms with Gasteiger partial charge in [-0.1, -0.05) is 51.4 Å². The highest BCUT2D eigenvalue weighted by Gasteiger charge is 2.46. The first-order valence-corrected chi connectivity index (χ1v) is 12.0. The van der Waals surface area contributed by atoms with Crippen LogP contribution >= 0.6 is 11.6 Å². The molecule has 0 saturated heterocycles. The van der Waals surface area contributed by atoms with E-state index in [1.165, 1.54) is 0 Å². The van der Waals surface area contributed by atoms with Gasteiger partial charge < -0.3 is 10.1 Å². The van der Waals surface area contributed by atoms with Gasteiger partial charge in [0.2, 0.25) is 0 Å². The molecular weight excluding hydrogens is 476 g/mol. The Bertz CT molecular complexity index is 1340. The molecule has 1 aliphatic carbocycles. The van der Waals surface area contributed by atoms with Gasteiger partial charge in [0.1, 0.15) is 28.9 Å². The van der Waals surface area contributed by atoms with E-state index in [1.807, 2.05) is 27.7 Å². The van der Waals surface area contributed by atoms with E-state index in [0.29, 0.717) is 41.0 Å². The number of nitrogens with one attached hydrogen (secondary N) is 1. The van der Waals surface area contributed by atoms with E-state index in [1.54, 1.807) is 54.9 Å². The summed E-state index contributed by atoms with van der Waals surface area (Å²) in [6.45, 7) is 7.70. The highest BCUT2D eigenvalue weighted by molar-refractivity contribution is 6.32. The number of nitrogens with zero attached hydrogens (tertiary/aromatic N) is 3. The van der Waals surface area contributed by atoms with Crippen molar-refractivity contribution >= 4 is 23.3 Å². The number of carbonyl (C=O) groups excluding carboxylic acids is 2. The average molecular weight is 503 g/mol. The maximum Gasteiger partial charge on any atom is 0.251 e. The number of hydrogen-bond acceptors (Lipinski definition) is 6. The standard InChI is InChI=1S/C28H27ClN4O3/c1-27(2)13-19(14-28(3,4)26(27)35)33-25(34)17-8-9-24(22(29)12-17)36-23-7-5-6-20(21(23)15-30)18-10-11-31-32-16-18/h5-12,16,19H,13-14H2,1-4H3,(H,33,34). The molecule has 1 aliphatic rings. The van der Waals surface area contributed by atoms with Crippen LogP contribution in [-0.2, 0) is 4.79 Å². The van der Waals surface area contributed by atoms with Crippen molar-refractivity contribution in [3.05, 3.63) is 71.0 Å². The van der Waals surface area contributed by atoms with Gasteiger partial charge in [-0.15, -0.1) is 0 Å². The summed E-state index contributed by atoms with van der Waals surface area (Å²) in [7, 11) is 0. The summed E-state index contributed by atoms with van der Waals surface area (Å²) in [5.41, 5.74) is 1.11. The van der Waals surface area contributed by atoms with E-state index in [0.717, 1.165) is 5.56 Å². The summed E-state index contributed by atoms with van der Waals surface area (Å²) in [6.07, 6.45) is 4.29. The second kappa shape index (κ2) is 9.71. The molecule has 3 aromatic rings. The van der Waals surface area contributed by atoms with Crippen LogP contribution < -0.4 is 10.1 Å². The van der Waals surface area contributed by atoms with E-state index >= 15 is 0 Å². The Hall–Kier alpha value is -3.76. The van der Waals surface area contributed by atoms with Crippen molar-refractivity contribution in [1.29, 1.82) is 5.26 Å². The van der Waals surface area contributed by atoms with E-state index in [4.69, 9.17) is 16.3 Å². The van der Waals surface area contributed by atoms with Gasteiger partial charge in [0.05, 0.1) is 17.4 Å². The van der Waals surface area contributed by atoms with Gasteiger partial charge in [-0.3, -0.25) is 9.59 Å². The van der Waals surface area contributed by atoms with E-state index in [-0.39, 0.29) is 22.8 Å². The molecule has 1 heterocycles. The zero-order valence-corrected chi connectivity index (χ0v) is 21.4. The van der Waals surface area contributed by atoms with Crippen LogP contribution in [0.25, 0.3) is 11.1 Å². The number of benzene rings is 2. The highest BCUT2D eigenvalue weighted by atomic mass is 35.5. The van der Waals surface area contributed by atoms with Gasteiger partial charge in [-0.2, -0.15) is 15.5 Å². The molecule has 1 amide bonds. The van der Waals surface area contributed by atoms with E-state index in [9.17, 15) is 14.9 Å². The summed E-state index contributed by atoms with van der Waals surface area (Å²) in [5, 5.41) is 20.7. The Kier molecular flexibility index (Phi) is 6.83. The van der Waals surface area contributed by atoms with Crippen molar-refractivity contribution in [2.75, 3.05) is 0 Å². The zero-order valence-electron chi connectivity index (χ0n) is 20.6. The van der Waals surface area contributed by atoms with E-state index in [2.05, 4.69) is 21.6 Å². The number of halogens is 1. The number of aromatic nitrogens is 2. The molecule has 0 radical (unpaired) electrons. The number of ketones is 1. The fraction of sp³-hybridized carbons (Fsp3) is 0.321. The summed E-state index contributed by atoms with van der Waals surface area (Å²) >= 11 is 6.48. The predicted molar refractivity (Wildman–Crippen MR) is 137 cm³/mol. The third-order valence-corrected chi connectivity index (χ3v) is 6.82. The number of carbonyl (C=O) groups is 2. The minimum Gasteiger partial charge on any atom is -0.454 e. The smallest absolute Gasteiger partial charge is 0.251 e. The third-order valence-electron chi connectivity index (χ3n) is 6.53. The maximum absolute atomic E-state index is 13.0. The monoisotopic (exact) mass is 502 g/mol. The molecule has 1 saturated carbocycles. The first-order chi connectivity index (χ1) is 17.0. The topological polar surface area (TPSA) is 105 Å². The minimum atomic E-state index is -0.506.